The summed E-state index contributed by atoms with van der Waals surface area (Å²) in [5, 5.41) is 5.77. The third-order valence-electron chi connectivity index (χ3n) is 4.39. The summed E-state index contributed by atoms with van der Waals surface area (Å²) in [5.41, 5.74) is 0.944. The molecule has 3 rings (SSSR count). The number of nitrogens with zero attached hydrogens (tertiary/aromatic N) is 2. The highest BCUT2D eigenvalue weighted by molar-refractivity contribution is 7.88. The van der Waals surface area contributed by atoms with E-state index in [1.807, 2.05) is 22.9 Å². The molecule has 174 valence electrons. The SMILES string of the molecule is C=PCn1nc(-c2cccc(CNS(=O)(=O)NC(=O)OC(C)(C)C)c2)c2ccccc2c1=O. The van der Waals surface area contributed by atoms with Crippen molar-refractivity contribution in [3.05, 3.63) is 64.4 Å². The lowest BCUT2D eigenvalue weighted by Gasteiger charge is -2.19. The molecule has 0 radical (unpaired) electrons. The number of ether oxygens (including phenoxy) is 1. The fraction of sp³-hybridized carbons (Fsp3) is 0.273. The van der Waals surface area contributed by atoms with Crippen molar-refractivity contribution in [1.82, 2.24) is 19.2 Å². The van der Waals surface area contributed by atoms with Crippen molar-refractivity contribution in [2.45, 2.75) is 39.2 Å². The van der Waals surface area contributed by atoms with Crippen molar-refractivity contribution in [3.63, 3.8) is 0 Å². The van der Waals surface area contributed by atoms with Crippen molar-refractivity contribution >= 4 is 41.6 Å². The van der Waals surface area contributed by atoms with Gasteiger partial charge in [0, 0.05) is 17.5 Å². The number of nitrogens with one attached hydrogen (secondary N) is 2. The Kier molecular flexibility index (Phi) is 7.31. The molecule has 0 unspecified atom stereocenters. The molecule has 11 heteroatoms. The second-order valence-corrected chi connectivity index (χ2v) is 10.4. The summed E-state index contributed by atoms with van der Waals surface area (Å²) in [6.45, 7) is 4.83. The van der Waals surface area contributed by atoms with Crippen LogP contribution in [0.3, 0.4) is 0 Å². The fourth-order valence-electron chi connectivity index (χ4n) is 3.09. The van der Waals surface area contributed by atoms with Gasteiger partial charge in [0.15, 0.2) is 0 Å². The molecule has 0 aliphatic carbocycles. The lowest BCUT2D eigenvalue weighted by molar-refractivity contribution is 0.0569. The Labute approximate surface area is 193 Å². The van der Waals surface area contributed by atoms with E-state index in [2.05, 4.69) is 16.1 Å². The van der Waals surface area contributed by atoms with E-state index in [0.717, 1.165) is 13.8 Å². The number of rotatable bonds is 7. The number of fused-ring (bicyclic) bond motifs is 1. The maximum absolute atomic E-state index is 12.7. The number of hydrogen-bond donors (Lipinski definition) is 2. The van der Waals surface area contributed by atoms with Crippen molar-refractivity contribution in [2.75, 3.05) is 0 Å². The number of benzene rings is 2. The van der Waals surface area contributed by atoms with E-state index in [-0.39, 0.29) is 12.1 Å². The first-order chi connectivity index (χ1) is 15.5. The van der Waals surface area contributed by atoms with Gasteiger partial charge in [-0.15, -0.1) is 0 Å². The monoisotopic (exact) mass is 488 g/mol. The Morgan fingerprint density at radius 2 is 1.85 bits per heavy atom. The molecule has 0 saturated carbocycles. The molecule has 0 fully saturated rings. The zero-order chi connectivity index (χ0) is 24.2. The average Bonchev–Trinajstić information content (AvgIpc) is 2.73. The first kappa shape index (κ1) is 24.6. The number of carbonyl (C=O) groups is 1. The van der Waals surface area contributed by atoms with Crippen LogP contribution < -0.4 is 15.0 Å². The van der Waals surface area contributed by atoms with Crippen LogP contribution in [0.4, 0.5) is 4.79 Å². The molecule has 0 spiro atoms. The normalized spacial score (nSPS) is 12.1. The highest BCUT2D eigenvalue weighted by Crippen LogP contribution is 2.25. The smallest absolute Gasteiger partial charge is 0.422 e. The maximum Gasteiger partial charge on any atom is 0.422 e. The first-order valence-electron chi connectivity index (χ1n) is 10.0. The first-order valence-corrected chi connectivity index (χ1v) is 12.8. The van der Waals surface area contributed by atoms with Crippen LogP contribution in [-0.2, 0) is 27.8 Å². The van der Waals surface area contributed by atoms with E-state index >= 15 is 0 Å². The van der Waals surface area contributed by atoms with Crippen LogP contribution >= 0.6 is 8.20 Å². The van der Waals surface area contributed by atoms with Crippen molar-refractivity contribution < 1.29 is 17.9 Å². The van der Waals surface area contributed by atoms with Crippen LogP contribution in [-0.4, -0.2) is 36.2 Å². The third kappa shape index (κ3) is 6.47. The minimum Gasteiger partial charge on any atom is -0.443 e. The van der Waals surface area contributed by atoms with E-state index in [1.165, 1.54) is 4.68 Å². The van der Waals surface area contributed by atoms with Gasteiger partial charge >= 0.3 is 16.3 Å². The second-order valence-electron chi connectivity index (χ2n) is 8.19. The van der Waals surface area contributed by atoms with Gasteiger partial charge in [-0.3, -0.25) is 4.79 Å². The molecule has 0 aliphatic rings. The van der Waals surface area contributed by atoms with Gasteiger partial charge < -0.3 is 4.74 Å². The zero-order valence-corrected chi connectivity index (χ0v) is 20.2. The largest absolute Gasteiger partial charge is 0.443 e. The van der Waals surface area contributed by atoms with Crippen LogP contribution in [0.25, 0.3) is 22.0 Å². The lowest BCUT2D eigenvalue weighted by Crippen LogP contribution is -2.42. The second kappa shape index (κ2) is 9.82. The van der Waals surface area contributed by atoms with Crippen molar-refractivity contribution in [2.24, 2.45) is 0 Å². The van der Waals surface area contributed by atoms with E-state index in [0.29, 0.717) is 28.3 Å². The minimum absolute atomic E-state index is 0.0684. The number of hydrogen-bond acceptors (Lipinski definition) is 6. The van der Waals surface area contributed by atoms with Gasteiger partial charge in [0.2, 0.25) is 0 Å². The summed E-state index contributed by atoms with van der Waals surface area (Å²) < 4.78 is 34.9. The van der Waals surface area contributed by atoms with Crippen LogP contribution in [0.1, 0.15) is 26.3 Å². The van der Waals surface area contributed by atoms with Gasteiger partial charge in [-0.1, -0.05) is 50.9 Å². The Morgan fingerprint density at radius 1 is 1.15 bits per heavy atom. The molecule has 9 nitrogen and oxygen atoms in total. The van der Waals surface area contributed by atoms with Gasteiger partial charge in [0.1, 0.15) is 5.60 Å². The molecule has 0 aliphatic heterocycles. The summed E-state index contributed by atoms with van der Waals surface area (Å²) in [4.78, 5) is 24.5. The van der Waals surface area contributed by atoms with Crippen LogP contribution in [0, 0.1) is 0 Å². The average molecular weight is 489 g/mol. The van der Waals surface area contributed by atoms with Crippen molar-refractivity contribution in [1.29, 1.82) is 0 Å². The number of aromatic nitrogens is 2. The number of amides is 1. The standard InChI is InChI=1S/C22H25N4O5PS/c1-22(2,3)31-21(28)25-33(29,30)23-13-15-8-7-9-16(12-15)19-17-10-5-6-11-18(17)20(27)26(24-19)14-32-4/h5-12,23H,4,13-14H2,1-3H3,(H,25,28). The molecule has 0 saturated heterocycles. The summed E-state index contributed by atoms with van der Waals surface area (Å²) >= 11 is 0. The molecular formula is C22H25N4O5PS. The Hall–Kier alpha value is -3.07. The Morgan fingerprint density at radius 3 is 2.52 bits per heavy atom. The maximum atomic E-state index is 12.7. The predicted molar refractivity (Wildman–Crippen MR) is 131 cm³/mol. The Balaban J connectivity index is 1.87. The van der Waals surface area contributed by atoms with E-state index in [4.69, 9.17) is 4.74 Å². The highest BCUT2D eigenvalue weighted by atomic mass is 32.2. The molecule has 3 aromatic rings. The lowest BCUT2D eigenvalue weighted by atomic mass is 10.0. The summed E-state index contributed by atoms with van der Waals surface area (Å²) in [5.74, 6) is 0. The molecule has 0 atom stereocenters. The molecule has 1 aromatic heterocycles. The molecular weight excluding hydrogens is 463 g/mol. The van der Waals surface area contributed by atoms with Gasteiger partial charge in [0.05, 0.1) is 17.4 Å². The number of carbonyl (C=O) groups excluding carboxylic acids is 1. The predicted octanol–water partition coefficient (Wildman–Crippen LogP) is 3.26. The van der Waals surface area contributed by atoms with Gasteiger partial charge in [0.25, 0.3) is 5.56 Å². The fourth-order valence-corrected chi connectivity index (χ4v) is 4.16. The van der Waals surface area contributed by atoms with E-state index in [1.54, 1.807) is 51.1 Å². The molecule has 1 heterocycles. The molecule has 1 amide bonds. The van der Waals surface area contributed by atoms with Crippen LogP contribution in [0.5, 0.6) is 0 Å². The summed E-state index contributed by atoms with van der Waals surface area (Å²) in [6.07, 6.45) is 3.06. The Bertz CT molecular complexity index is 1360. The minimum atomic E-state index is -4.13. The molecule has 2 N–H and O–H groups in total. The molecule has 0 bridgehead atoms. The molecule has 33 heavy (non-hydrogen) atoms. The van der Waals surface area contributed by atoms with Crippen LogP contribution in [0.2, 0.25) is 0 Å². The summed E-state index contributed by atoms with van der Waals surface area (Å²) in [7, 11) is -3.38. The molecule has 2 aromatic carbocycles. The van der Waals surface area contributed by atoms with Crippen LogP contribution in [0.15, 0.2) is 53.3 Å². The summed E-state index contributed by atoms with van der Waals surface area (Å²) in [6, 6.07) is 14.3. The van der Waals surface area contributed by atoms with E-state index < -0.39 is 21.9 Å². The van der Waals surface area contributed by atoms with E-state index in [9.17, 15) is 18.0 Å². The third-order valence-corrected chi connectivity index (χ3v) is 5.81. The zero-order valence-electron chi connectivity index (χ0n) is 18.5. The topological polar surface area (TPSA) is 119 Å². The highest BCUT2D eigenvalue weighted by Gasteiger charge is 2.21. The van der Waals surface area contributed by atoms with Gasteiger partial charge in [-0.25, -0.2) is 14.2 Å². The quantitative estimate of drug-likeness (QED) is 0.493. The van der Waals surface area contributed by atoms with Crippen molar-refractivity contribution in [3.8, 4) is 11.3 Å². The van der Waals surface area contributed by atoms with Gasteiger partial charge in [-0.05, 0) is 38.5 Å². The van der Waals surface area contributed by atoms with Gasteiger partial charge in [-0.2, -0.15) is 18.2 Å².